The van der Waals surface area contributed by atoms with Gasteiger partial charge in [-0.15, -0.1) is 0 Å². The molecule has 0 saturated heterocycles. The van der Waals surface area contributed by atoms with Crippen LogP contribution in [0.4, 0.5) is 0 Å². The van der Waals surface area contributed by atoms with Crippen molar-refractivity contribution in [1.82, 2.24) is 14.8 Å². The standard InChI is InChI=1S/C11H13N3S/c1-2-6-10-12-11(15)13-14(10)9-7-4-3-5-8-9/h3-5,7-8H,2,6H2,1H3,(H,13,15). The third kappa shape index (κ3) is 2.15. The maximum Gasteiger partial charge on any atom is 0.213 e. The maximum absolute atomic E-state index is 5.05. The van der Waals surface area contributed by atoms with E-state index in [1.165, 1.54) is 0 Å². The third-order valence-corrected chi connectivity index (χ3v) is 2.37. The first kappa shape index (κ1) is 10.1. The van der Waals surface area contributed by atoms with Crippen molar-refractivity contribution >= 4 is 12.2 Å². The molecule has 0 unspecified atom stereocenters. The average molecular weight is 219 g/mol. The summed E-state index contributed by atoms with van der Waals surface area (Å²) in [5, 5.41) is 3.07. The summed E-state index contributed by atoms with van der Waals surface area (Å²) in [6.45, 7) is 2.13. The summed E-state index contributed by atoms with van der Waals surface area (Å²) in [5.41, 5.74) is 1.07. The molecular weight excluding hydrogens is 206 g/mol. The molecule has 2 aromatic rings. The van der Waals surface area contributed by atoms with Crippen molar-refractivity contribution in [3.05, 3.63) is 40.9 Å². The van der Waals surface area contributed by atoms with E-state index in [2.05, 4.69) is 17.0 Å². The fraction of sp³-hybridized carbons (Fsp3) is 0.273. The second kappa shape index (κ2) is 4.40. The molecule has 0 atom stereocenters. The van der Waals surface area contributed by atoms with E-state index in [0.29, 0.717) is 4.77 Å². The lowest BCUT2D eigenvalue weighted by atomic mass is 10.3. The van der Waals surface area contributed by atoms with Crippen molar-refractivity contribution in [2.45, 2.75) is 19.8 Å². The highest BCUT2D eigenvalue weighted by Crippen LogP contribution is 2.09. The van der Waals surface area contributed by atoms with E-state index in [4.69, 9.17) is 12.2 Å². The zero-order valence-corrected chi connectivity index (χ0v) is 9.42. The van der Waals surface area contributed by atoms with Gasteiger partial charge in [-0.2, -0.15) is 0 Å². The van der Waals surface area contributed by atoms with Gasteiger partial charge in [-0.1, -0.05) is 25.1 Å². The molecule has 0 bridgehead atoms. The van der Waals surface area contributed by atoms with Gasteiger partial charge in [0, 0.05) is 6.42 Å². The second-order valence-electron chi connectivity index (χ2n) is 3.37. The van der Waals surface area contributed by atoms with Crippen LogP contribution in [0.3, 0.4) is 0 Å². The Bertz CT molecular complexity index is 484. The predicted octanol–water partition coefficient (Wildman–Crippen LogP) is 2.88. The number of para-hydroxylation sites is 1. The summed E-state index contributed by atoms with van der Waals surface area (Å²) in [7, 11) is 0. The van der Waals surface area contributed by atoms with Gasteiger partial charge in [-0.25, -0.2) is 9.67 Å². The predicted molar refractivity (Wildman–Crippen MR) is 62.7 cm³/mol. The van der Waals surface area contributed by atoms with Crippen molar-refractivity contribution in [3.63, 3.8) is 0 Å². The lowest BCUT2D eigenvalue weighted by Crippen LogP contribution is -2.02. The molecule has 2 rings (SSSR count). The largest absolute Gasteiger partial charge is 0.266 e. The van der Waals surface area contributed by atoms with Gasteiger partial charge in [-0.05, 0) is 30.8 Å². The molecular formula is C11H13N3S. The van der Waals surface area contributed by atoms with Gasteiger partial charge in [0.05, 0.1) is 5.69 Å². The van der Waals surface area contributed by atoms with E-state index in [1.54, 1.807) is 0 Å². The molecule has 1 N–H and O–H groups in total. The molecule has 0 aliphatic carbocycles. The Kier molecular flexibility index (Phi) is 2.97. The fourth-order valence-electron chi connectivity index (χ4n) is 1.53. The molecule has 78 valence electrons. The summed E-state index contributed by atoms with van der Waals surface area (Å²) < 4.78 is 2.49. The van der Waals surface area contributed by atoms with Crippen LogP contribution in [0.2, 0.25) is 0 Å². The van der Waals surface area contributed by atoms with Crippen molar-refractivity contribution in [1.29, 1.82) is 0 Å². The van der Waals surface area contributed by atoms with E-state index in [9.17, 15) is 0 Å². The number of H-pyrrole nitrogens is 1. The van der Waals surface area contributed by atoms with Gasteiger partial charge in [0.1, 0.15) is 5.82 Å². The Morgan fingerprint density at radius 1 is 1.33 bits per heavy atom. The molecule has 1 aromatic carbocycles. The van der Waals surface area contributed by atoms with Gasteiger partial charge >= 0.3 is 0 Å². The number of hydrogen-bond donors (Lipinski definition) is 1. The molecule has 0 fully saturated rings. The summed E-state index contributed by atoms with van der Waals surface area (Å²) in [4.78, 5) is 4.30. The van der Waals surface area contributed by atoms with Crippen molar-refractivity contribution in [2.24, 2.45) is 0 Å². The fourth-order valence-corrected chi connectivity index (χ4v) is 1.73. The van der Waals surface area contributed by atoms with Crippen LogP contribution in [0.25, 0.3) is 5.69 Å². The van der Waals surface area contributed by atoms with Crippen molar-refractivity contribution in [3.8, 4) is 5.69 Å². The van der Waals surface area contributed by atoms with E-state index >= 15 is 0 Å². The monoisotopic (exact) mass is 219 g/mol. The molecule has 15 heavy (non-hydrogen) atoms. The zero-order valence-electron chi connectivity index (χ0n) is 8.60. The van der Waals surface area contributed by atoms with E-state index in [-0.39, 0.29) is 0 Å². The Hall–Kier alpha value is -1.42. The van der Waals surface area contributed by atoms with Crippen LogP contribution in [-0.4, -0.2) is 14.8 Å². The SMILES string of the molecule is CCCc1nc(=S)[nH]n1-c1ccccc1. The van der Waals surface area contributed by atoms with Crippen LogP contribution in [0.15, 0.2) is 30.3 Å². The maximum atomic E-state index is 5.05. The van der Waals surface area contributed by atoms with Crippen LogP contribution >= 0.6 is 12.2 Å². The first-order chi connectivity index (χ1) is 7.31. The Labute approximate surface area is 93.8 Å². The lowest BCUT2D eigenvalue weighted by Gasteiger charge is -2.05. The molecule has 0 saturated carbocycles. The zero-order chi connectivity index (χ0) is 10.7. The molecule has 4 heteroatoms. The first-order valence-electron chi connectivity index (χ1n) is 5.04. The number of nitrogens with one attached hydrogen (secondary N) is 1. The normalized spacial score (nSPS) is 10.5. The number of benzene rings is 1. The minimum Gasteiger partial charge on any atom is -0.266 e. The number of rotatable bonds is 3. The van der Waals surface area contributed by atoms with Crippen LogP contribution in [-0.2, 0) is 6.42 Å². The number of aryl methyl sites for hydroxylation is 1. The Morgan fingerprint density at radius 2 is 2.07 bits per heavy atom. The van der Waals surface area contributed by atoms with Crippen LogP contribution in [0.1, 0.15) is 19.2 Å². The minimum absolute atomic E-state index is 0.544. The van der Waals surface area contributed by atoms with Crippen LogP contribution in [0, 0.1) is 4.77 Å². The van der Waals surface area contributed by atoms with Crippen LogP contribution in [0.5, 0.6) is 0 Å². The molecule has 0 spiro atoms. The minimum atomic E-state index is 0.544. The summed E-state index contributed by atoms with van der Waals surface area (Å²) in [5.74, 6) is 0.994. The smallest absolute Gasteiger partial charge is 0.213 e. The topological polar surface area (TPSA) is 33.6 Å². The number of nitrogens with zero attached hydrogens (tertiary/aromatic N) is 2. The highest BCUT2D eigenvalue weighted by molar-refractivity contribution is 7.71. The van der Waals surface area contributed by atoms with Gasteiger partial charge in [0.25, 0.3) is 0 Å². The lowest BCUT2D eigenvalue weighted by molar-refractivity contribution is 0.758. The molecule has 0 amide bonds. The average Bonchev–Trinajstić information content (AvgIpc) is 2.62. The Morgan fingerprint density at radius 3 is 2.73 bits per heavy atom. The first-order valence-corrected chi connectivity index (χ1v) is 5.45. The van der Waals surface area contributed by atoms with Gasteiger partial charge in [-0.3, -0.25) is 5.10 Å². The molecule has 1 aromatic heterocycles. The van der Waals surface area contributed by atoms with E-state index in [0.717, 1.165) is 24.4 Å². The van der Waals surface area contributed by atoms with Gasteiger partial charge in [0.2, 0.25) is 4.77 Å². The van der Waals surface area contributed by atoms with Crippen molar-refractivity contribution in [2.75, 3.05) is 0 Å². The second-order valence-corrected chi connectivity index (χ2v) is 3.75. The van der Waals surface area contributed by atoms with Gasteiger partial charge < -0.3 is 0 Å². The van der Waals surface area contributed by atoms with Gasteiger partial charge in [0.15, 0.2) is 0 Å². The molecule has 1 heterocycles. The number of hydrogen-bond acceptors (Lipinski definition) is 2. The third-order valence-electron chi connectivity index (χ3n) is 2.18. The molecule has 0 aliphatic rings. The highest BCUT2D eigenvalue weighted by Gasteiger charge is 2.04. The molecule has 3 nitrogen and oxygen atoms in total. The number of aromatic amines is 1. The highest BCUT2D eigenvalue weighted by atomic mass is 32.1. The summed E-state index contributed by atoms with van der Waals surface area (Å²) >= 11 is 5.05. The van der Waals surface area contributed by atoms with Crippen molar-refractivity contribution < 1.29 is 0 Å². The van der Waals surface area contributed by atoms with E-state index < -0.39 is 0 Å². The molecule has 0 radical (unpaired) electrons. The molecule has 0 aliphatic heterocycles. The summed E-state index contributed by atoms with van der Waals surface area (Å²) in [6.07, 6.45) is 1.99. The Balaban J connectivity index is 2.48. The number of aromatic nitrogens is 3. The summed E-state index contributed by atoms with van der Waals surface area (Å²) in [6, 6.07) is 10.1. The van der Waals surface area contributed by atoms with Crippen LogP contribution < -0.4 is 0 Å². The quantitative estimate of drug-likeness (QED) is 0.805. The van der Waals surface area contributed by atoms with E-state index in [1.807, 2.05) is 35.0 Å².